The molecule has 2 aromatic heterocycles. The average molecular weight is 505 g/mol. The molecule has 5 rings (SSSR count). The third-order valence-electron chi connectivity index (χ3n) is 6.56. The van der Waals surface area contributed by atoms with E-state index < -0.39 is 0 Å². The van der Waals surface area contributed by atoms with Crippen molar-refractivity contribution >= 4 is 24.1 Å². The first kappa shape index (κ1) is 24.7. The molecule has 0 radical (unpaired) electrons. The van der Waals surface area contributed by atoms with Gasteiger partial charge in [-0.25, -0.2) is 14.8 Å². The van der Waals surface area contributed by atoms with Gasteiger partial charge in [-0.2, -0.15) is 5.10 Å². The van der Waals surface area contributed by atoms with Crippen molar-refractivity contribution in [1.29, 1.82) is 0 Å². The number of aromatic nitrogens is 4. The topological polar surface area (TPSA) is 118 Å². The van der Waals surface area contributed by atoms with Gasteiger partial charge in [0.15, 0.2) is 0 Å². The Hall–Kier alpha value is -3.99. The first-order chi connectivity index (χ1) is 17.9. The maximum Gasteiger partial charge on any atom is 0.318 e. The fourth-order valence-corrected chi connectivity index (χ4v) is 4.74. The Morgan fingerprint density at radius 1 is 1.24 bits per heavy atom. The number of hydrogen-bond acceptors (Lipinski definition) is 7. The standard InChI is InChI=1S/C26H32N8O3/c1-17(2)37-21-14-34(15-21)26(36)31-24-7-9-33(16-35)12-19-10-18(4-5-22(19)24)23-6-8-27-25(30-23)29-20-11-28-32(3)13-20/h4-6,8,10-11,13,16-17,21,24H,7,9,12,14-15H2,1-3H3,(H,31,36)(H,27,29,30). The van der Waals surface area contributed by atoms with Gasteiger partial charge in [-0.15, -0.1) is 0 Å². The smallest absolute Gasteiger partial charge is 0.318 e. The molecule has 1 atom stereocenters. The lowest BCUT2D eigenvalue weighted by molar-refractivity contribution is -0.118. The number of benzene rings is 1. The molecule has 3 amide bonds. The average Bonchev–Trinajstić information content (AvgIpc) is 3.18. The molecule has 4 heterocycles. The van der Waals surface area contributed by atoms with Crippen LogP contribution in [0.4, 0.5) is 16.4 Å². The van der Waals surface area contributed by atoms with E-state index in [1.807, 2.05) is 51.4 Å². The van der Waals surface area contributed by atoms with Crippen molar-refractivity contribution in [3.05, 3.63) is 54.0 Å². The summed E-state index contributed by atoms with van der Waals surface area (Å²) < 4.78 is 7.47. The van der Waals surface area contributed by atoms with Crippen molar-refractivity contribution < 1.29 is 14.3 Å². The predicted octanol–water partition coefficient (Wildman–Crippen LogP) is 2.84. The number of amides is 3. The van der Waals surface area contributed by atoms with Gasteiger partial charge in [0.05, 0.1) is 48.9 Å². The summed E-state index contributed by atoms with van der Waals surface area (Å²) in [6.07, 6.45) is 7.00. The minimum Gasteiger partial charge on any atom is -0.372 e. The number of fused-ring (bicyclic) bond motifs is 1. The van der Waals surface area contributed by atoms with Gasteiger partial charge in [-0.3, -0.25) is 9.48 Å². The normalized spacial score (nSPS) is 17.7. The molecule has 1 saturated heterocycles. The van der Waals surface area contributed by atoms with Gasteiger partial charge < -0.3 is 25.2 Å². The number of hydrogen-bond donors (Lipinski definition) is 2. The van der Waals surface area contributed by atoms with Crippen LogP contribution >= 0.6 is 0 Å². The van der Waals surface area contributed by atoms with Crippen LogP contribution in [0.2, 0.25) is 0 Å². The lowest BCUT2D eigenvalue weighted by Crippen LogP contribution is -2.58. The van der Waals surface area contributed by atoms with E-state index in [4.69, 9.17) is 4.74 Å². The molecule has 0 spiro atoms. The van der Waals surface area contributed by atoms with E-state index in [0.29, 0.717) is 38.5 Å². The predicted molar refractivity (Wildman–Crippen MR) is 138 cm³/mol. The van der Waals surface area contributed by atoms with Crippen LogP contribution in [0.25, 0.3) is 11.3 Å². The largest absolute Gasteiger partial charge is 0.372 e. The number of urea groups is 1. The lowest BCUT2D eigenvalue weighted by atomic mass is 9.96. The molecule has 1 fully saturated rings. The number of carbonyl (C=O) groups excluding carboxylic acids is 2. The first-order valence-corrected chi connectivity index (χ1v) is 12.5. The Morgan fingerprint density at radius 2 is 2.08 bits per heavy atom. The highest BCUT2D eigenvalue weighted by atomic mass is 16.5. The third-order valence-corrected chi connectivity index (χ3v) is 6.56. The molecular weight excluding hydrogens is 472 g/mol. The maximum atomic E-state index is 12.9. The highest BCUT2D eigenvalue weighted by Crippen LogP contribution is 2.31. The number of nitrogens with zero attached hydrogens (tertiary/aromatic N) is 6. The number of rotatable bonds is 7. The van der Waals surface area contributed by atoms with Gasteiger partial charge in [-0.05, 0) is 43.5 Å². The van der Waals surface area contributed by atoms with Gasteiger partial charge in [0.2, 0.25) is 12.4 Å². The minimum absolute atomic E-state index is 0.0886. The highest BCUT2D eigenvalue weighted by molar-refractivity contribution is 5.76. The number of aryl methyl sites for hydroxylation is 1. The summed E-state index contributed by atoms with van der Waals surface area (Å²) in [4.78, 5) is 37.1. The van der Waals surface area contributed by atoms with Crippen molar-refractivity contribution in [2.24, 2.45) is 7.05 Å². The van der Waals surface area contributed by atoms with E-state index in [0.717, 1.165) is 34.5 Å². The van der Waals surface area contributed by atoms with E-state index in [9.17, 15) is 9.59 Å². The molecule has 0 aliphatic carbocycles. The van der Waals surface area contributed by atoms with Crippen LogP contribution in [-0.2, 0) is 23.1 Å². The fraction of sp³-hybridized carbons (Fsp3) is 0.423. The molecule has 194 valence electrons. The highest BCUT2D eigenvalue weighted by Gasteiger charge is 2.34. The zero-order chi connectivity index (χ0) is 25.9. The second kappa shape index (κ2) is 10.6. The van der Waals surface area contributed by atoms with Crippen molar-refractivity contribution in [1.82, 2.24) is 34.9 Å². The van der Waals surface area contributed by atoms with Crippen LogP contribution in [0.15, 0.2) is 42.9 Å². The molecule has 11 heteroatoms. The molecule has 2 aliphatic heterocycles. The second-order valence-corrected chi connectivity index (χ2v) is 9.79. The van der Waals surface area contributed by atoms with Gasteiger partial charge >= 0.3 is 6.03 Å². The van der Waals surface area contributed by atoms with E-state index in [1.165, 1.54) is 0 Å². The summed E-state index contributed by atoms with van der Waals surface area (Å²) in [7, 11) is 1.85. The zero-order valence-corrected chi connectivity index (χ0v) is 21.3. The van der Waals surface area contributed by atoms with Gasteiger partial charge in [0, 0.05) is 38.1 Å². The summed E-state index contributed by atoms with van der Waals surface area (Å²) in [5, 5.41) is 10.5. The van der Waals surface area contributed by atoms with Crippen molar-refractivity contribution in [2.45, 2.75) is 45.1 Å². The van der Waals surface area contributed by atoms with Crippen LogP contribution in [0.1, 0.15) is 37.4 Å². The van der Waals surface area contributed by atoms with Gasteiger partial charge in [0.1, 0.15) is 0 Å². The van der Waals surface area contributed by atoms with Gasteiger partial charge in [-0.1, -0.05) is 12.1 Å². The number of anilines is 2. The van der Waals surface area contributed by atoms with Crippen LogP contribution in [0, 0.1) is 0 Å². The van der Waals surface area contributed by atoms with Crippen molar-refractivity contribution in [3.8, 4) is 11.3 Å². The molecule has 3 aromatic rings. The summed E-state index contributed by atoms with van der Waals surface area (Å²) in [5.74, 6) is 0.467. The Kier molecular flexibility index (Phi) is 7.04. The summed E-state index contributed by atoms with van der Waals surface area (Å²) in [5.41, 5.74) is 4.45. The number of likely N-dealkylation sites (tertiary alicyclic amines) is 1. The summed E-state index contributed by atoms with van der Waals surface area (Å²) in [6, 6.07) is 7.62. The third kappa shape index (κ3) is 5.72. The van der Waals surface area contributed by atoms with E-state index in [2.05, 4.69) is 25.7 Å². The van der Waals surface area contributed by atoms with Crippen molar-refractivity contribution in [2.75, 3.05) is 25.0 Å². The number of carbonyl (C=O) groups is 2. The maximum absolute atomic E-state index is 12.9. The minimum atomic E-state index is -0.195. The molecule has 1 aromatic carbocycles. The molecule has 11 nitrogen and oxygen atoms in total. The quantitative estimate of drug-likeness (QED) is 0.475. The molecule has 0 bridgehead atoms. The molecule has 0 saturated carbocycles. The van der Waals surface area contributed by atoms with E-state index >= 15 is 0 Å². The van der Waals surface area contributed by atoms with Crippen LogP contribution in [0.5, 0.6) is 0 Å². The molecule has 37 heavy (non-hydrogen) atoms. The Morgan fingerprint density at radius 3 is 2.81 bits per heavy atom. The van der Waals surface area contributed by atoms with Crippen LogP contribution < -0.4 is 10.6 Å². The monoisotopic (exact) mass is 504 g/mol. The second-order valence-electron chi connectivity index (χ2n) is 9.79. The Labute approximate surface area is 215 Å². The molecular formula is C26H32N8O3. The van der Waals surface area contributed by atoms with Crippen molar-refractivity contribution in [3.63, 3.8) is 0 Å². The number of nitrogens with one attached hydrogen (secondary N) is 2. The van der Waals surface area contributed by atoms with E-state index in [1.54, 1.807) is 26.9 Å². The van der Waals surface area contributed by atoms with E-state index in [-0.39, 0.29) is 24.3 Å². The fourth-order valence-electron chi connectivity index (χ4n) is 4.74. The lowest BCUT2D eigenvalue weighted by Gasteiger charge is -2.40. The Balaban J connectivity index is 1.34. The summed E-state index contributed by atoms with van der Waals surface area (Å²) >= 11 is 0. The van der Waals surface area contributed by atoms with Crippen LogP contribution in [0.3, 0.4) is 0 Å². The molecule has 1 unspecified atom stereocenters. The number of ether oxygens (including phenoxy) is 1. The SMILES string of the molecule is CC(C)OC1CN(C(=O)NC2CCN(C=O)Cc3cc(-c4ccnc(Nc5cnn(C)c5)n4)ccc32)C1. The Bertz CT molecular complexity index is 1270. The summed E-state index contributed by atoms with van der Waals surface area (Å²) in [6.45, 7) is 6.21. The van der Waals surface area contributed by atoms with Gasteiger partial charge in [0.25, 0.3) is 0 Å². The molecule has 2 N–H and O–H groups in total. The van der Waals surface area contributed by atoms with Crippen LogP contribution in [-0.4, -0.2) is 73.8 Å². The first-order valence-electron chi connectivity index (χ1n) is 12.5. The zero-order valence-electron chi connectivity index (χ0n) is 21.3. The molecule has 2 aliphatic rings.